The number of aromatic nitrogens is 3. The average Bonchev–Trinajstić information content (AvgIpc) is 3.32. The van der Waals surface area contributed by atoms with Crippen molar-refractivity contribution in [1.29, 1.82) is 0 Å². The summed E-state index contributed by atoms with van der Waals surface area (Å²) in [6, 6.07) is 12.9. The van der Waals surface area contributed by atoms with Gasteiger partial charge in [-0.2, -0.15) is 0 Å². The van der Waals surface area contributed by atoms with Gasteiger partial charge in [-0.1, -0.05) is 6.92 Å². The number of halogens is 1. The molecule has 4 aromatic rings. The number of carbonyl (C=O) groups excluding carboxylic acids is 1. The zero-order valence-corrected chi connectivity index (χ0v) is 19.9. The summed E-state index contributed by atoms with van der Waals surface area (Å²) in [5.74, 6) is 4.02. The molecule has 3 heterocycles. The summed E-state index contributed by atoms with van der Waals surface area (Å²) in [7, 11) is 0. The van der Waals surface area contributed by atoms with Gasteiger partial charge in [-0.05, 0) is 96.9 Å². The molecule has 0 spiro atoms. The van der Waals surface area contributed by atoms with Crippen LogP contribution in [0.1, 0.15) is 53.8 Å². The maximum absolute atomic E-state index is 14.0. The molecule has 3 fully saturated rings. The van der Waals surface area contributed by atoms with Crippen molar-refractivity contribution in [1.82, 2.24) is 19.9 Å². The molecule has 2 aliphatic carbocycles. The number of fused-ring (bicyclic) bond motifs is 4. The number of hydrogen-bond donors (Lipinski definition) is 1. The molecule has 5 atom stereocenters. The number of imidazole rings is 1. The summed E-state index contributed by atoms with van der Waals surface area (Å²) in [5.41, 5.74) is 4.77. The van der Waals surface area contributed by atoms with Gasteiger partial charge in [-0.25, -0.2) is 9.37 Å². The lowest BCUT2D eigenvalue weighted by Crippen LogP contribution is -2.24. The van der Waals surface area contributed by atoms with Crippen LogP contribution in [0.3, 0.4) is 0 Å². The highest BCUT2D eigenvalue weighted by Gasteiger charge is 2.48. The highest BCUT2D eigenvalue weighted by Crippen LogP contribution is 2.58. The van der Waals surface area contributed by atoms with Crippen molar-refractivity contribution < 1.29 is 9.18 Å². The van der Waals surface area contributed by atoms with E-state index in [9.17, 15) is 9.18 Å². The van der Waals surface area contributed by atoms with Gasteiger partial charge in [-0.3, -0.25) is 9.78 Å². The van der Waals surface area contributed by atoms with E-state index in [1.807, 2.05) is 29.3 Å². The number of pyridine rings is 1. The molecular weight excluding hydrogens is 439 g/mol. The fourth-order valence-corrected chi connectivity index (χ4v) is 7.04. The number of aromatic amines is 1. The zero-order chi connectivity index (χ0) is 23.7. The number of H-pyrrole nitrogens is 1. The third-order valence-corrected chi connectivity index (χ3v) is 8.81. The maximum Gasteiger partial charge on any atom is 0.254 e. The minimum absolute atomic E-state index is 0.103. The topological polar surface area (TPSA) is 61.6 Å². The molecule has 1 amide bonds. The van der Waals surface area contributed by atoms with Gasteiger partial charge < -0.3 is 9.88 Å². The largest absolute Gasteiger partial charge is 0.342 e. The van der Waals surface area contributed by atoms with Crippen molar-refractivity contribution in [2.75, 3.05) is 13.1 Å². The smallest absolute Gasteiger partial charge is 0.254 e. The molecule has 2 bridgehead atoms. The minimum atomic E-state index is -0.186. The van der Waals surface area contributed by atoms with E-state index >= 15 is 0 Å². The summed E-state index contributed by atoms with van der Waals surface area (Å²) in [6.07, 6.45) is 6.47. The number of amides is 1. The molecule has 178 valence electrons. The summed E-state index contributed by atoms with van der Waals surface area (Å²) in [5, 5.41) is 0.980. The Morgan fingerprint density at radius 1 is 1.09 bits per heavy atom. The summed E-state index contributed by atoms with van der Waals surface area (Å²) in [6.45, 7) is 4.08. The lowest BCUT2D eigenvalue weighted by molar-refractivity contribution is 0.0885. The number of carbonyl (C=O) groups is 1. The number of benzene rings is 2. The van der Waals surface area contributed by atoms with Crippen LogP contribution >= 0.6 is 0 Å². The van der Waals surface area contributed by atoms with E-state index in [0.29, 0.717) is 29.6 Å². The Hall–Kier alpha value is -3.28. The van der Waals surface area contributed by atoms with Gasteiger partial charge in [0, 0.05) is 36.7 Å². The van der Waals surface area contributed by atoms with Crippen LogP contribution in [0.2, 0.25) is 0 Å². The quantitative estimate of drug-likeness (QED) is 0.382. The van der Waals surface area contributed by atoms with Crippen LogP contribution in [0.5, 0.6) is 0 Å². The zero-order valence-electron chi connectivity index (χ0n) is 19.9. The molecule has 0 radical (unpaired) electrons. The molecule has 3 aliphatic rings. The second kappa shape index (κ2) is 7.87. The molecular formula is C29H29FN4O. The Balaban J connectivity index is 1.07. The molecule has 2 aromatic carbocycles. The van der Waals surface area contributed by atoms with Gasteiger partial charge in [0.15, 0.2) is 0 Å². The molecule has 5 nitrogen and oxygen atoms in total. The van der Waals surface area contributed by atoms with Crippen LogP contribution in [0, 0.1) is 29.5 Å². The van der Waals surface area contributed by atoms with Crippen LogP contribution in [-0.2, 0) is 6.42 Å². The standard InChI is InChI=1S/C29H29FN4O/c1-16(10-28-32-26-4-2-17(14-27(26)33-28)29(35)34-8-9-34)22-12-19-11-18(22)13-23(19)21-6-7-31-25-5-3-20(30)15-24(21)25/h2-7,14-16,18-19,22-23H,8-13H2,1H3,(H,32,33)/t16-,18?,19?,22?,23?/m1/s1. The van der Waals surface area contributed by atoms with Gasteiger partial charge in [0.05, 0.1) is 16.6 Å². The van der Waals surface area contributed by atoms with E-state index in [1.54, 1.807) is 12.1 Å². The van der Waals surface area contributed by atoms with Crippen LogP contribution in [0.4, 0.5) is 4.39 Å². The number of rotatable bonds is 5. The second-order valence-electron chi connectivity index (χ2n) is 10.9. The van der Waals surface area contributed by atoms with Crippen LogP contribution < -0.4 is 0 Å². The van der Waals surface area contributed by atoms with E-state index in [1.165, 1.54) is 30.9 Å². The molecule has 7 rings (SSSR count). The minimum Gasteiger partial charge on any atom is -0.342 e. The van der Waals surface area contributed by atoms with Crippen molar-refractivity contribution in [2.45, 2.75) is 38.5 Å². The molecule has 4 unspecified atom stereocenters. The van der Waals surface area contributed by atoms with Crippen molar-refractivity contribution in [3.05, 3.63) is 71.4 Å². The maximum atomic E-state index is 14.0. The Bertz CT molecular complexity index is 1460. The van der Waals surface area contributed by atoms with Crippen LogP contribution in [-0.4, -0.2) is 38.8 Å². The fourth-order valence-electron chi connectivity index (χ4n) is 7.04. The van der Waals surface area contributed by atoms with Crippen LogP contribution in [0.25, 0.3) is 21.9 Å². The van der Waals surface area contributed by atoms with Crippen molar-refractivity contribution in [3.63, 3.8) is 0 Å². The van der Waals surface area contributed by atoms with Crippen molar-refractivity contribution >= 4 is 27.8 Å². The molecule has 2 aromatic heterocycles. The molecule has 1 N–H and O–H groups in total. The fraction of sp³-hybridized carbons (Fsp3) is 0.414. The van der Waals surface area contributed by atoms with Crippen LogP contribution in [0.15, 0.2) is 48.7 Å². The summed E-state index contributed by atoms with van der Waals surface area (Å²) in [4.78, 5) is 27.0. The van der Waals surface area contributed by atoms with E-state index < -0.39 is 0 Å². The third-order valence-electron chi connectivity index (χ3n) is 8.81. The predicted octanol–water partition coefficient (Wildman–Crippen LogP) is 5.71. The highest BCUT2D eigenvalue weighted by molar-refractivity contribution is 5.98. The molecule has 1 aliphatic heterocycles. The first-order chi connectivity index (χ1) is 17.0. The van der Waals surface area contributed by atoms with Gasteiger partial charge >= 0.3 is 0 Å². The Kier molecular flexibility index (Phi) is 4.73. The molecule has 6 heteroatoms. The summed E-state index contributed by atoms with van der Waals surface area (Å²) >= 11 is 0. The predicted molar refractivity (Wildman–Crippen MR) is 134 cm³/mol. The number of hydrogen-bond acceptors (Lipinski definition) is 3. The van der Waals surface area contributed by atoms with Crippen molar-refractivity contribution in [3.8, 4) is 0 Å². The molecule has 35 heavy (non-hydrogen) atoms. The van der Waals surface area contributed by atoms with E-state index in [0.717, 1.165) is 52.8 Å². The highest BCUT2D eigenvalue weighted by atomic mass is 19.1. The first kappa shape index (κ1) is 21.0. The average molecular weight is 469 g/mol. The molecule has 1 saturated heterocycles. The number of nitrogens with one attached hydrogen (secondary N) is 1. The lowest BCUT2D eigenvalue weighted by Gasteiger charge is -2.32. The Labute approximate surface area is 203 Å². The Morgan fingerprint density at radius 3 is 2.77 bits per heavy atom. The number of nitrogens with zero attached hydrogens (tertiary/aromatic N) is 3. The van der Waals surface area contributed by atoms with Gasteiger partial charge in [0.2, 0.25) is 0 Å². The second-order valence-corrected chi connectivity index (χ2v) is 10.9. The third kappa shape index (κ3) is 3.62. The van der Waals surface area contributed by atoms with E-state index in [4.69, 9.17) is 4.98 Å². The van der Waals surface area contributed by atoms with Crippen molar-refractivity contribution in [2.24, 2.45) is 23.7 Å². The lowest BCUT2D eigenvalue weighted by atomic mass is 9.73. The van der Waals surface area contributed by atoms with Gasteiger partial charge in [0.25, 0.3) is 5.91 Å². The monoisotopic (exact) mass is 468 g/mol. The SMILES string of the molecule is C[C@H](Cc1nc2cc(C(=O)N3CC3)ccc2[nH]1)C1CC2CC1CC2c1ccnc2ccc(F)cc12. The van der Waals surface area contributed by atoms with E-state index in [2.05, 4.69) is 23.0 Å². The van der Waals surface area contributed by atoms with Gasteiger partial charge in [-0.15, -0.1) is 0 Å². The van der Waals surface area contributed by atoms with Gasteiger partial charge in [0.1, 0.15) is 11.6 Å². The Morgan fingerprint density at radius 2 is 1.97 bits per heavy atom. The molecule has 2 saturated carbocycles. The first-order valence-corrected chi connectivity index (χ1v) is 12.9. The summed E-state index contributed by atoms with van der Waals surface area (Å²) < 4.78 is 14.0. The van der Waals surface area contributed by atoms with E-state index in [-0.39, 0.29) is 11.7 Å². The first-order valence-electron chi connectivity index (χ1n) is 12.9. The normalized spacial score (nSPS) is 26.1.